The lowest BCUT2D eigenvalue weighted by Crippen LogP contribution is -2.29. The summed E-state index contributed by atoms with van der Waals surface area (Å²) in [5.41, 5.74) is 5.86. The number of carbonyl (C=O) groups is 2. The molecule has 6 nitrogen and oxygen atoms in total. The van der Waals surface area contributed by atoms with E-state index in [1.165, 1.54) is 6.20 Å². The zero-order chi connectivity index (χ0) is 12.8. The lowest BCUT2D eigenvalue weighted by atomic mass is 10.2. The van der Waals surface area contributed by atoms with Crippen LogP contribution in [0.1, 0.15) is 16.8 Å². The Morgan fingerprint density at radius 3 is 2.88 bits per heavy atom. The standard InChI is InChI=1S/C10H13BrN4O2/c1-13-8(16)2-3-14-10(17)7-4-6(11)5-15-9(7)12/h4-5H,2-3H2,1H3,(H2,12,15)(H,13,16)(H,14,17). The highest BCUT2D eigenvalue weighted by Crippen LogP contribution is 2.15. The molecule has 0 fully saturated rings. The average Bonchev–Trinajstić information content (AvgIpc) is 2.31. The molecule has 0 bridgehead atoms. The zero-order valence-corrected chi connectivity index (χ0v) is 10.9. The SMILES string of the molecule is CNC(=O)CCNC(=O)c1cc(Br)cnc1N. The second-order valence-corrected chi connectivity index (χ2v) is 4.18. The number of pyridine rings is 1. The number of carbonyl (C=O) groups excluding carboxylic acids is 2. The molecule has 0 saturated carbocycles. The summed E-state index contributed by atoms with van der Waals surface area (Å²) in [5, 5.41) is 5.06. The van der Waals surface area contributed by atoms with Crippen molar-refractivity contribution in [3.63, 3.8) is 0 Å². The first-order chi connectivity index (χ1) is 8.04. The van der Waals surface area contributed by atoms with Crippen LogP contribution in [0.4, 0.5) is 5.82 Å². The van der Waals surface area contributed by atoms with Crippen molar-refractivity contribution in [2.45, 2.75) is 6.42 Å². The van der Waals surface area contributed by atoms with Crippen LogP contribution in [0.15, 0.2) is 16.7 Å². The molecule has 92 valence electrons. The Labute approximate surface area is 107 Å². The van der Waals surface area contributed by atoms with Crippen molar-refractivity contribution in [2.75, 3.05) is 19.3 Å². The third kappa shape index (κ3) is 4.03. The Kier molecular flexibility index (Phi) is 4.89. The van der Waals surface area contributed by atoms with Gasteiger partial charge in [-0.15, -0.1) is 0 Å². The Hall–Kier alpha value is -1.63. The van der Waals surface area contributed by atoms with Gasteiger partial charge in [0.2, 0.25) is 5.91 Å². The minimum Gasteiger partial charge on any atom is -0.383 e. The number of hydrogen-bond acceptors (Lipinski definition) is 4. The molecule has 1 rings (SSSR count). The first-order valence-corrected chi connectivity index (χ1v) is 5.73. The van der Waals surface area contributed by atoms with Crippen molar-refractivity contribution in [1.29, 1.82) is 0 Å². The second kappa shape index (κ2) is 6.19. The maximum absolute atomic E-state index is 11.7. The molecule has 1 heterocycles. The zero-order valence-electron chi connectivity index (χ0n) is 9.29. The Balaban J connectivity index is 2.58. The van der Waals surface area contributed by atoms with Gasteiger partial charge in [-0.3, -0.25) is 9.59 Å². The number of nitrogens with one attached hydrogen (secondary N) is 2. The van der Waals surface area contributed by atoms with Crippen LogP contribution in [-0.4, -0.2) is 30.4 Å². The second-order valence-electron chi connectivity index (χ2n) is 3.27. The molecule has 0 aliphatic heterocycles. The fraction of sp³-hybridized carbons (Fsp3) is 0.300. The first-order valence-electron chi connectivity index (χ1n) is 4.94. The lowest BCUT2D eigenvalue weighted by molar-refractivity contribution is -0.120. The summed E-state index contributed by atoms with van der Waals surface area (Å²) in [6, 6.07) is 1.58. The van der Waals surface area contributed by atoms with Gasteiger partial charge in [-0.05, 0) is 22.0 Å². The van der Waals surface area contributed by atoms with Gasteiger partial charge in [-0.2, -0.15) is 0 Å². The molecule has 0 saturated heterocycles. The molecule has 4 N–H and O–H groups in total. The molecule has 0 radical (unpaired) electrons. The van der Waals surface area contributed by atoms with Gasteiger partial charge in [0.25, 0.3) is 5.91 Å². The van der Waals surface area contributed by atoms with Gasteiger partial charge in [-0.1, -0.05) is 0 Å². The number of halogens is 1. The van der Waals surface area contributed by atoms with Gasteiger partial charge in [0.05, 0.1) is 5.56 Å². The molecule has 0 aromatic carbocycles. The van der Waals surface area contributed by atoms with Crippen molar-refractivity contribution in [3.8, 4) is 0 Å². The van der Waals surface area contributed by atoms with E-state index in [1.807, 2.05) is 0 Å². The number of nitrogens with zero attached hydrogens (tertiary/aromatic N) is 1. The van der Waals surface area contributed by atoms with Crippen LogP contribution in [0.25, 0.3) is 0 Å². The fourth-order valence-electron chi connectivity index (χ4n) is 1.14. The Morgan fingerprint density at radius 2 is 2.24 bits per heavy atom. The van der Waals surface area contributed by atoms with Crippen molar-refractivity contribution < 1.29 is 9.59 Å². The van der Waals surface area contributed by atoms with Crippen LogP contribution in [0.2, 0.25) is 0 Å². The quantitative estimate of drug-likeness (QED) is 0.744. The summed E-state index contributed by atoms with van der Waals surface area (Å²) < 4.78 is 0.670. The maximum Gasteiger partial charge on any atom is 0.255 e. The number of anilines is 1. The highest BCUT2D eigenvalue weighted by molar-refractivity contribution is 9.10. The number of aromatic nitrogens is 1. The van der Waals surface area contributed by atoms with Crippen molar-refractivity contribution in [3.05, 3.63) is 22.3 Å². The third-order valence-electron chi connectivity index (χ3n) is 2.05. The molecular weight excluding hydrogens is 288 g/mol. The predicted molar refractivity (Wildman–Crippen MR) is 67.4 cm³/mol. The van der Waals surface area contributed by atoms with E-state index in [-0.39, 0.29) is 36.2 Å². The highest BCUT2D eigenvalue weighted by Gasteiger charge is 2.11. The van der Waals surface area contributed by atoms with E-state index in [4.69, 9.17) is 5.73 Å². The largest absolute Gasteiger partial charge is 0.383 e. The van der Waals surface area contributed by atoms with Crippen LogP contribution < -0.4 is 16.4 Å². The van der Waals surface area contributed by atoms with Crippen LogP contribution in [0.5, 0.6) is 0 Å². The number of nitrogens with two attached hydrogens (primary N) is 1. The molecular formula is C10H13BrN4O2. The van der Waals surface area contributed by atoms with Crippen molar-refractivity contribution in [1.82, 2.24) is 15.6 Å². The van der Waals surface area contributed by atoms with Crippen LogP contribution in [-0.2, 0) is 4.79 Å². The summed E-state index contributed by atoms with van der Waals surface area (Å²) in [5.74, 6) is -0.323. The van der Waals surface area contributed by atoms with Gasteiger partial charge in [-0.25, -0.2) is 4.98 Å². The minimum atomic E-state index is -0.347. The summed E-state index contributed by atoms with van der Waals surface area (Å²) >= 11 is 3.21. The van der Waals surface area contributed by atoms with Crippen molar-refractivity contribution >= 4 is 33.6 Å². The summed E-state index contributed by atoms with van der Waals surface area (Å²) in [4.78, 5) is 26.5. The molecule has 7 heteroatoms. The van der Waals surface area contributed by atoms with Gasteiger partial charge >= 0.3 is 0 Å². The Bertz CT molecular complexity index is 436. The minimum absolute atomic E-state index is 0.134. The van der Waals surface area contributed by atoms with E-state index in [9.17, 15) is 9.59 Å². The van der Waals surface area contributed by atoms with E-state index in [0.717, 1.165) is 0 Å². The number of rotatable bonds is 4. The van der Waals surface area contributed by atoms with Gasteiger partial charge in [0, 0.05) is 30.7 Å². The number of hydrogen-bond donors (Lipinski definition) is 3. The molecule has 0 spiro atoms. The monoisotopic (exact) mass is 300 g/mol. The molecule has 0 aliphatic carbocycles. The van der Waals surface area contributed by atoms with Crippen LogP contribution in [0.3, 0.4) is 0 Å². The third-order valence-corrected chi connectivity index (χ3v) is 2.48. The molecule has 0 aliphatic rings. The van der Waals surface area contributed by atoms with E-state index < -0.39 is 0 Å². The number of nitrogen functional groups attached to an aromatic ring is 1. The molecule has 0 unspecified atom stereocenters. The molecule has 1 aromatic rings. The molecule has 0 atom stereocenters. The summed E-state index contributed by atoms with van der Waals surface area (Å²) in [6.45, 7) is 0.254. The van der Waals surface area contributed by atoms with E-state index in [2.05, 4.69) is 31.5 Å². The van der Waals surface area contributed by atoms with E-state index in [0.29, 0.717) is 4.47 Å². The molecule has 1 aromatic heterocycles. The lowest BCUT2D eigenvalue weighted by Gasteiger charge is -2.06. The fourth-order valence-corrected chi connectivity index (χ4v) is 1.47. The van der Waals surface area contributed by atoms with Gasteiger partial charge in [0.1, 0.15) is 5.82 Å². The summed E-state index contributed by atoms with van der Waals surface area (Å²) in [6.07, 6.45) is 1.74. The number of amides is 2. The van der Waals surface area contributed by atoms with Crippen molar-refractivity contribution in [2.24, 2.45) is 0 Å². The van der Waals surface area contributed by atoms with Gasteiger partial charge in [0.15, 0.2) is 0 Å². The van der Waals surface area contributed by atoms with Crippen LogP contribution in [0, 0.1) is 0 Å². The predicted octanol–water partition coefficient (Wildman–Crippen LogP) is 0.292. The maximum atomic E-state index is 11.7. The normalized spacial score (nSPS) is 9.76. The topological polar surface area (TPSA) is 97.1 Å². The van der Waals surface area contributed by atoms with E-state index >= 15 is 0 Å². The smallest absolute Gasteiger partial charge is 0.255 e. The first kappa shape index (κ1) is 13.4. The van der Waals surface area contributed by atoms with E-state index in [1.54, 1.807) is 13.1 Å². The highest BCUT2D eigenvalue weighted by atomic mass is 79.9. The van der Waals surface area contributed by atoms with Gasteiger partial charge < -0.3 is 16.4 Å². The Morgan fingerprint density at radius 1 is 1.53 bits per heavy atom. The molecule has 2 amide bonds. The van der Waals surface area contributed by atoms with Crippen LogP contribution >= 0.6 is 15.9 Å². The summed E-state index contributed by atoms with van der Waals surface area (Å²) in [7, 11) is 1.54. The average molecular weight is 301 g/mol. The molecule has 17 heavy (non-hydrogen) atoms.